The highest BCUT2D eigenvalue weighted by Gasteiger charge is 2.43. The molecule has 1 aromatic heterocycles. The van der Waals surface area contributed by atoms with E-state index in [1.54, 1.807) is 14.2 Å². The second kappa shape index (κ2) is 6.55. The van der Waals surface area contributed by atoms with Crippen molar-refractivity contribution in [3.05, 3.63) is 45.2 Å². The summed E-state index contributed by atoms with van der Waals surface area (Å²) in [6.45, 7) is 6.07. The van der Waals surface area contributed by atoms with Gasteiger partial charge in [0.2, 0.25) is 5.88 Å². The van der Waals surface area contributed by atoms with Crippen molar-refractivity contribution >= 4 is 23.3 Å². The van der Waals surface area contributed by atoms with Crippen molar-refractivity contribution in [2.45, 2.75) is 39.5 Å². The molecule has 0 amide bonds. The Bertz CT molecular complexity index is 1010. The number of ether oxygens (including phenoxy) is 2. The molecule has 0 fully saturated rings. The molecule has 1 aliphatic heterocycles. The zero-order valence-corrected chi connectivity index (χ0v) is 17.4. The third-order valence-electron chi connectivity index (χ3n) is 5.46. The van der Waals surface area contributed by atoms with Gasteiger partial charge in [-0.2, -0.15) is 0 Å². The quantitative estimate of drug-likeness (QED) is 0.790. The minimum atomic E-state index is -0.321. The number of methoxy groups -OCH3 is 2. The Morgan fingerprint density at radius 1 is 1.25 bits per heavy atom. The number of anilines is 1. The fourth-order valence-corrected chi connectivity index (χ4v) is 4.60. The minimum Gasteiger partial charge on any atom is -0.493 e. The number of halogens is 1. The Morgan fingerprint density at radius 3 is 2.68 bits per heavy atom. The number of Topliss-reactive ketones (excluding diaryl/α,β-unsaturated/α-hetero) is 1. The summed E-state index contributed by atoms with van der Waals surface area (Å²) in [4.78, 5) is 13.2. The Balaban J connectivity index is 1.96. The second-order valence-electron chi connectivity index (χ2n) is 8.14. The number of aromatic nitrogens is 1. The molecule has 28 heavy (non-hydrogen) atoms. The summed E-state index contributed by atoms with van der Waals surface area (Å²) in [7, 11) is 3.11. The number of ketones is 1. The van der Waals surface area contributed by atoms with Crippen molar-refractivity contribution in [3.8, 4) is 11.5 Å². The van der Waals surface area contributed by atoms with Crippen LogP contribution in [0.15, 0.2) is 27.9 Å². The van der Waals surface area contributed by atoms with Crippen molar-refractivity contribution in [2.75, 3.05) is 19.5 Å². The molecular formula is C21H23ClN2O4. The maximum absolute atomic E-state index is 13.2. The summed E-state index contributed by atoms with van der Waals surface area (Å²) in [5.41, 5.74) is 3.96. The second-order valence-corrected chi connectivity index (χ2v) is 8.55. The molecule has 0 saturated heterocycles. The van der Waals surface area contributed by atoms with Crippen molar-refractivity contribution in [2.24, 2.45) is 5.41 Å². The molecule has 1 N–H and O–H groups in total. The van der Waals surface area contributed by atoms with E-state index in [2.05, 4.69) is 24.3 Å². The summed E-state index contributed by atoms with van der Waals surface area (Å²) in [6, 6.07) is 3.70. The molecular weight excluding hydrogens is 380 g/mol. The molecule has 0 saturated carbocycles. The lowest BCUT2D eigenvalue weighted by Crippen LogP contribution is -2.33. The van der Waals surface area contributed by atoms with Crippen LogP contribution in [0.2, 0.25) is 5.02 Å². The summed E-state index contributed by atoms with van der Waals surface area (Å²) < 4.78 is 16.4. The van der Waals surface area contributed by atoms with Gasteiger partial charge >= 0.3 is 0 Å². The fourth-order valence-electron chi connectivity index (χ4n) is 4.31. The minimum absolute atomic E-state index is 0.116. The normalized spacial score (nSPS) is 20.4. The van der Waals surface area contributed by atoms with E-state index in [9.17, 15) is 4.79 Å². The van der Waals surface area contributed by atoms with Gasteiger partial charge in [-0.25, -0.2) is 0 Å². The maximum atomic E-state index is 13.2. The molecule has 7 heteroatoms. The predicted octanol–water partition coefficient (Wildman–Crippen LogP) is 4.85. The van der Waals surface area contributed by atoms with E-state index in [1.807, 2.05) is 19.1 Å². The van der Waals surface area contributed by atoms with E-state index in [4.69, 9.17) is 25.6 Å². The Kier molecular flexibility index (Phi) is 4.42. The average Bonchev–Trinajstić information content (AvgIpc) is 2.98. The number of nitrogens with one attached hydrogen (secondary N) is 1. The lowest BCUT2D eigenvalue weighted by molar-refractivity contribution is -0.118. The molecule has 1 aliphatic carbocycles. The zero-order valence-electron chi connectivity index (χ0n) is 16.6. The molecule has 2 heterocycles. The van der Waals surface area contributed by atoms with Gasteiger partial charge in [-0.15, -0.1) is 0 Å². The number of benzene rings is 1. The molecule has 1 atom stereocenters. The number of carbonyl (C=O) groups is 1. The third-order valence-corrected chi connectivity index (χ3v) is 5.74. The van der Waals surface area contributed by atoms with Crippen LogP contribution in [-0.4, -0.2) is 25.2 Å². The van der Waals surface area contributed by atoms with Crippen molar-refractivity contribution in [1.29, 1.82) is 0 Å². The van der Waals surface area contributed by atoms with E-state index >= 15 is 0 Å². The van der Waals surface area contributed by atoms with Gasteiger partial charge < -0.3 is 19.3 Å². The van der Waals surface area contributed by atoms with Crippen LogP contribution < -0.4 is 14.8 Å². The van der Waals surface area contributed by atoms with Crippen LogP contribution in [0.4, 0.5) is 5.88 Å². The van der Waals surface area contributed by atoms with E-state index < -0.39 is 0 Å². The zero-order chi connectivity index (χ0) is 20.2. The van der Waals surface area contributed by atoms with Gasteiger partial charge in [0.05, 0.1) is 30.5 Å². The number of allylic oxidation sites excluding steroid dienone is 2. The van der Waals surface area contributed by atoms with E-state index in [-0.39, 0.29) is 17.1 Å². The number of rotatable bonds is 3. The number of aryl methyl sites for hydroxylation is 1. The standard InChI is InChI=1S/C21H23ClN2O4/c1-10-16-17(11-6-12(22)19(27-5)15(7-11)26-4)18-13(23-20(16)28-24-10)8-21(2,3)9-14(18)25/h6-7,17,23H,8-9H2,1-5H3. The molecule has 1 aromatic carbocycles. The molecule has 6 nitrogen and oxygen atoms in total. The number of hydrogen-bond acceptors (Lipinski definition) is 6. The maximum Gasteiger partial charge on any atom is 0.233 e. The number of carbonyl (C=O) groups excluding carboxylic acids is 1. The number of hydrogen-bond donors (Lipinski definition) is 1. The Hall–Kier alpha value is -2.47. The van der Waals surface area contributed by atoms with Crippen LogP contribution in [-0.2, 0) is 4.79 Å². The summed E-state index contributed by atoms with van der Waals surface area (Å²) in [6.07, 6.45) is 1.25. The van der Waals surface area contributed by atoms with Crippen LogP contribution in [0, 0.1) is 12.3 Å². The summed E-state index contributed by atoms with van der Waals surface area (Å²) >= 11 is 6.47. The predicted molar refractivity (Wildman–Crippen MR) is 106 cm³/mol. The molecule has 148 valence electrons. The average molecular weight is 403 g/mol. The highest BCUT2D eigenvalue weighted by atomic mass is 35.5. The lowest BCUT2D eigenvalue weighted by atomic mass is 9.69. The highest BCUT2D eigenvalue weighted by Crippen LogP contribution is 2.51. The van der Waals surface area contributed by atoms with Gasteiger partial charge in [0.25, 0.3) is 0 Å². The number of fused-ring (bicyclic) bond motifs is 1. The molecule has 1 unspecified atom stereocenters. The van der Waals surface area contributed by atoms with Crippen LogP contribution in [0.3, 0.4) is 0 Å². The topological polar surface area (TPSA) is 73.6 Å². The van der Waals surface area contributed by atoms with Crippen LogP contribution in [0.25, 0.3) is 0 Å². The molecule has 2 aliphatic rings. The third kappa shape index (κ3) is 2.87. The Morgan fingerprint density at radius 2 is 2.00 bits per heavy atom. The van der Waals surface area contributed by atoms with E-state index in [1.165, 1.54) is 0 Å². The summed E-state index contributed by atoms with van der Waals surface area (Å²) in [5, 5.41) is 7.87. The first-order valence-electron chi connectivity index (χ1n) is 9.16. The van der Waals surface area contributed by atoms with Crippen molar-refractivity contribution < 1.29 is 18.8 Å². The lowest BCUT2D eigenvalue weighted by Gasteiger charge is -2.37. The van der Waals surface area contributed by atoms with E-state index in [0.29, 0.717) is 28.8 Å². The van der Waals surface area contributed by atoms with Crippen LogP contribution in [0.1, 0.15) is 49.4 Å². The largest absolute Gasteiger partial charge is 0.493 e. The van der Waals surface area contributed by atoms with Crippen molar-refractivity contribution in [1.82, 2.24) is 5.16 Å². The van der Waals surface area contributed by atoms with Crippen LogP contribution >= 0.6 is 11.6 Å². The van der Waals surface area contributed by atoms with Gasteiger partial charge in [0.15, 0.2) is 17.3 Å². The first-order chi connectivity index (χ1) is 13.3. The van der Waals surface area contributed by atoms with E-state index in [0.717, 1.165) is 34.5 Å². The van der Waals surface area contributed by atoms with Gasteiger partial charge in [-0.3, -0.25) is 4.79 Å². The highest BCUT2D eigenvalue weighted by molar-refractivity contribution is 6.32. The summed E-state index contributed by atoms with van der Waals surface area (Å²) in [5.74, 6) is 1.37. The first-order valence-corrected chi connectivity index (χ1v) is 9.54. The number of nitrogens with zero attached hydrogens (tertiary/aromatic N) is 1. The van der Waals surface area contributed by atoms with Crippen molar-refractivity contribution in [3.63, 3.8) is 0 Å². The van der Waals surface area contributed by atoms with Crippen LogP contribution in [0.5, 0.6) is 11.5 Å². The Labute approximate surface area is 168 Å². The smallest absolute Gasteiger partial charge is 0.233 e. The first kappa shape index (κ1) is 18.9. The monoisotopic (exact) mass is 402 g/mol. The van der Waals surface area contributed by atoms with Gasteiger partial charge in [0, 0.05) is 23.6 Å². The van der Waals surface area contributed by atoms with Gasteiger partial charge in [0.1, 0.15) is 0 Å². The molecule has 2 aromatic rings. The van der Waals surface area contributed by atoms with Gasteiger partial charge in [-0.05, 0) is 36.5 Å². The SMILES string of the molecule is COc1cc(C2C3=C(CC(C)(C)CC3=O)Nc3onc(C)c32)cc(Cl)c1OC. The molecule has 0 bridgehead atoms. The molecule has 0 spiro atoms. The van der Waals surface area contributed by atoms with Gasteiger partial charge in [-0.1, -0.05) is 30.6 Å². The molecule has 4 rings (SSSR count). The molecule has 0 radical (unpaired) electrons. The fraction of sp³-hybridized carbons (Fsp3) is 0.429.